The second-order valence-electron chi connectivity index (χ2n) is 7.99. The highest BCUT2D eigenvalue weighted by molar-refractivity contribution is 5.38. The van der Waals surface area contributed by atoms with Gasteiger partial charge in [-0.3, -0.25) is 0 Å². The number of nitrogens with one attached hydrogen (secondary N) is 1. The standard InChI is InChI=1S/C21H34N2O/c1-15-11-17(3)21(12-16(15)2)18(4)22-20-5-8-23(9-6-20)13-19-7-10-24-14-19/h11-12,18-20,22H,5-10,13-14H2,1-4H3. The van der Waals surface area contributed by atoms with Gasteiger partial charge in [0.05, 0.1) is 6.61 Å². The molecule has 134 valence electrons. The normalized spacial score (nSPS) is 24.4. The molecule has 2 unspecified atom stereocenters. The molecule has 24 heavy (non-hydrogen) atoms. The van der Waals surface area contributed by atoms with Gasteiger partial charge in [-0.2, -0.15) is 0 Å². The highest BCUT2D eigenvalue weighted by Crippen LogP contribution is 2.24. The smallest absolute Gasteiger partial charge is 0.0507 e. The summed E-state index contributed by atoms with van der Waals surface area (Å²) in [6, 6.07) is 5.79. The van der Waals surface area contributed by atoms with Crippen LogP contribution in [0.15, 0.2) is 12.1 Å². The Labute approximate surface area is 147 Å². The van der Waals surface area contributed by atoms with E-state index in [1.165, 1.54) is 61.2 Å². The lowest BCUT2D eigenvalue weighted by molar-refractivity contribution is 0.145. The zero-order chi connectivity index (χ0) is 17.1. The van der Waals surface area contributed by atoms with Crippen LogP contribution in [0, 0.1) is 26.7 Å². The average molecular weight is 331 g/mol. The molecule has 2 heterocycles. The van der Waals surface area contributed by atoms with Gasteiger partial charge in [0.25, 0.3) is 0 Å². The van der Waals surface area contributed by atoms with Gasteiger partial charge in [-0.25, -0.2) is 0 Å². The summed E-state index contributed by atoms with van der Waals surface area (Å²) >= 11 is 0. The van der Waals surface area contributed by atoms with E-state index in [0.29, 0.717) is 12.1 Å². The van der Waals surface area contributed by atoms with Crippen molar-refractivity contribution in [1.29, 1.82) is 0 Å². The molecule has 0 radical (unpaired) electrons. The molecule has 1 aromatic carbocycles. The summed E-state index contributed by atoms with van der Waals surface area (Å²) < 4.78 is 5.51. The fourth-order valence-corrected chi connectivity index (χ4v) is 4.27. The first-order chi connectivity index (χ1) is 11.5. The van der Waals surface area contributed by atoms with Crippen molar-refractivity contribution in [1.82, 2.24) is 10.2 Å². The molecule has 0 saturated carbocycles. The van der Waals surface area contributed by atoms with E-state index >= 15 is 0 Å². The van der Waals surface area contributed by atoms with E-state index in [1.54, 1.807) is 0 Å². The van der Waals surface area contributed by atoms with Crippen molar-refractivity contribution in [3.63, 3.8) is 0 Å². The van der Waals surface area contributed by atoms with Crippen LogP contribution < -0.4 is 5.32 Å². The molecule has 3 heteroatoms. The van der Waals surface area contributed by atoms with Gasteiger partial charge in [0.2, 0.25) is 0 Å². The largest absolute Gasteiger partial charge is 0.381 e. The van der Waals surface area contributed by atoms with Gasteiger partial charge >= 0.3 is 0 Å². The minimum atomic E-state index is 0.434. The SMILES string of the molecule is Cc1cc(C)c(C(C)NC2CCN(CC3CCOC3)CC2)cc1C. The van der Waals surface area contributed by atoms with E-state index in [2.05, 4.69) is 50.0 Å². The first-order valence-corrected chi connectivity index (χ1v) is 9.67. The van der Waals surface area contributed by atoms with Gasteiger partial charge in [-0.05, 0) is 88.2 Å². The van der Waals surface area contributed by atoms with Crippen molar-refractivity contribution in [3.8, 4) is 0 Å². The molecule has 2 atom stereocenters. The van der Waals surface area contributed by atoms with E-state index < -0.39 is 0 Å². The summed E-state index contributed by atoms with van der Waals surface area (Å²) in [6.45, 7) is 14.6. The summed E-state index contributed by atoms with van der Waals surface area (Å²) in [5, 5.41) is 3.89. The van der Waals surface area contributed by atoms with Gasteiger partial charge in [-0.1, -0.05) is 12.1 Å². The molecular weight excluding hydrogens is 296 g/mol. The quantitative estimate of drug-likeness (QED) is 0.889. The van der Waals surface area contributed by atoms with Crippen molar-refractivity contribution in [2.75, 3.05) is 32.8 Å². The Morgan fingerprint density at radius 3 is 2.46 bits per heavy atom. The lowest BCUT2D eigenvalue weighted by Gasteiger charge is -2.35. The second-order valence-corrected chi connectivity index (χ2v) is 7.99. The summed E-state index contributed by atoms with van der Waals surface area (Å²) in [5.74, 6) is 0.770. The lowest BCUT2D eigenvalue weighted by atomic mass is 9.95. The predicted octanol–water partition coefficient (Wildman–Crippen LogP) is 3.76. The molecule has 0 aliphatic carbocycles. The summed E-state index contributed by atoms with van der Waals surface area (Å²) in [4.78, 5) is 2.64. The minimum Gasteiger partial charge on any atom is -0.381 e. The van der Waals surface area contributed by atoms with E-state index in [0.717, 1.165) is 19.1 Å². The number of piperidine rings is 1. The minimum absolute atomic E-state index is 0.434. The van der Waals surface area contributed by atoms with Crippen molar-refractivity contribution in [3.05, 3.63) is 34.4 Å². The van der Waals surface area contributed by atoms with Crippen molar-refractivity contribution < 1.29 is 4.74 Å². The molecule has 0 aromatic heterocycles. The van der Waals surface area contributed by atoms with Crippen molar-refractivity contribution >= 4 is 0 Å². The third-order valence-electron chi connectivity index (χ3n) is 5.96. The van der Waals surface area contributed by atoms with Crippen molar-refractivity contribution in [2.24, 2.45) is 5.92 Å². The van der Waals surface area contributed by atoms with Crippen LogP contribution in [-0.2, 0) is 4.74 Å². The number of nitrogens with zero attached hydrogens (tertiary/aromatic N) is 1. The molecule has 1 N–H and O–H groups in total. The number of hydrogen-bond donors (Lipinski definition) is 1. The van der Waals surface area contributed by atoms with Gasteiger partial charge in [-0.15, -0.1) is 0 Å². The number of likely N-dealkylation sites (tertiary alicyclic amines) is 1. The number of hydrogen-bond acceptors (Lipinski definition) is 3. The van der Waals surface area contributed by atoms with E-state index in [9.17, 15) is 0 Å². The molecule has 2 aliphatic rings. The zero-order valence-electron chi connectivity index (χ0n) is 15.9. The van der Waals surface area contributed by atoms with Crippen LogP contribution in [0.5, 0.6) is 0 Å². The van der Waals surface area contributed by atoms with Gasteiger partial charge in [0.15, 0.2) is 0 Å². The van der Waals surface area contributed by atoms with Gasteiger partial charge in [0, 0.05) is 25.2 Å². The monoisotopic (exact) mass is 330 g/mol. The summed E-state index contributed by atoms with van der Waals surface area (Å²) in [7, 11) is 0. The Kier molecular flexibility index (Phi) is 5.96. The van der Waals surface area contributed by atoms with Crippen LogP contribution in [0.4, 0.5) is 0 Å². The van der Waals surface area contributed by atoms with Crippen LogP contribution in [-0.4, -0.2) is 43.8 Å². The molecule has 3 nitrogen and oxygen atoms in total. The highest BCUT2D eigenvalue weighted by atomic mass is 16.5. The molecule has 0 bridgehead atoms. The van der Waals surface area contributed by atoms with Gasteiger partial charge in [0.1, 0.15) is 0 Å². The molecule has 3 rings (SSSR count). The van der Waals surface area contributed by atoms with E-state index in [4.69, 9.17) is 4.74 Å². The van der Waals surface area contributed by atoms with Crippen LogP contribution in [0.2, 0.25) is 0 Å². The maximum Gasteiger partial charge on any atom is 0.0507 e. The molecule has 0 amide bonds. The fourth-order valence-electron chi connectivity index (χ4n) is 4.27. The third kappa shape index (κ3) is 4.38. The van der Waals surface area contributed by atoms with Gasteiger partial charge < -0.3 is 15.0 Å². The lowest BCUT2D eigenvalue weighted by Crippen LogP contribution is -2.44. The first kappa shape index (κ1) is 17.9. The predicted molar refractivity (Wildman–Crippen MR) is 101 cm³/mol. The maximum atomic E-state index is 5.51. The Hall–Kier alpha value is -0.900. The molecule has 2 aliphatic heterocycles. The molecule has 2 saturated heterocycles. The summed E-state index contributed by atoms with van der Waals surface area (Å²) in [5.41, 5.74) is 5.67. The molecule has 0 spiro atoms. The highest BCUT2D eigenvalue weighted by Gasteiger charge is 2.24. The second kappa shape index (κ2) is 7.99. The number of aryl methyl sites for hydroxylation is 3. The van der Waals surface area contributed by atoms with E-state index in [1.807, 2.05) is 0 Å². The topological polar surface area (TPSA) is 24.5 Å². The maximum absolute atomic E-state index is 5.51. The number of rotatable bonds is 5. The van der Waals surface area contributed by atoms with Crippen LogP contribution in [0.3, 0.4) is 0 Å². The third-order valence-corrected chi connectivity index (χ3v) is 5.96. The van der Waals surface area contributed by atoms with Crippen LogP contribution in [0.1, 0.15) is 54.5 Å². The Bertz CT molecular complexity index is 543. The summed E-state index contributed by atoms with van der Waals surface area (Å²) in [6.07, 6.45) is 3.78. The molecular formula is C21H34N2O. The Morgan fingerprint density at radius 1 is 1.08 bits per heavy atom. The van der Waals surface area contributed by atoms with Crippen LogP contribution >= 0.6 is 0 Å². The Balaban J connectivity index is 1.49. The van der Waals surface area contributed by atoms with E-state index in [-0.39, 0.29) is 0 Å². The fraction of sp³-hybridized carbons (Fsp3) is 0.714. The Morgan fingerprint density at radius 2 is 1.79 bits per heavy atom. The van der Waals surface area contributed by atoms with Crippen LogP contribution in [0.25, 0.3) is 0 Å². The molecule has 1 aromatic rings. The molecule has 2 fully saturated rings. The number of benzene rings is 1. The number of ether oxygens (including phenoxy) is 1. The zero-order valence-corrected chi connectivity index (χ0v) is 15.9. The first-order valence-electron chi connectivity index (χ1n) is 9.67. The average Bonchev–Trinajstić information content (AvgIpc) is 3.05. The van der Waals surface area contributed by atoms with Crippen molar-refractivity contribution in [2.45, 2.75) is 59.0 Å².